The number of carbonyl (C=O) groups excluding carboxylic acids is 2. The number of nitrogens with zero attached hydrogens (tertiary/aromatic N) is 3. The van der Waals surface area contributed by atoms with Gasteiger partial charge in [0.2, 0.25) is 0 Å². The van der Waals surface area contributed by atoms with E-state index in [0.29, 0.717) is 16.1 Å². The number of pyridine rings is 1. The molecule has 0 aliphatic carbocycles. The number of nitrogens with one attached hydrogen (secondary N) is 3. The summed E-state index contributed by atoms with van der Waals surface area (Å²) < 4.78 is 20.1. The summed E-state index contributed by atoms with van der Waals surface area (Å²) in [5, 5.41) is 13.5. The van der Waals surface area contributed by atoms with Gasteiger partial charge in [0.15, 0.2) is 5.69 Å². The highest BCUT2D eigenvalue weighted by molar-refractivity contribution is 6.05. The fourth-order valence-electron chi connectivity index (χ4n) is 3.44. The summed E-state index contributed by atoms with van der Waals surface area (Å²) >= 11 is 0. The molecule has 0 aliphatic heterocycles. The van der Waals surface area contributed by atoms with Crippen molar-refractivity contribution in [2.45, 2.75) is 0 Å². The van der Waals surface area contributed by atoms with Crippen LogP contribution >= 0.6 is 0 Å². The molecule has 0 atom stereocenters. The molecule has 2 aromatic heterocycles. The van der Waals surface area contributed by atoms with Crippen molar-refractivity contribution in [3.63, 3.8) is 0 Å². The lowest BCUT2D eigenvalue weighted by atomic mass is 9.98. The molecule has 11 nitrogen and oxygen atoms in total. The van der Waals surface area contributed by atoms with Gasteiger partial charge in [-0.25, -0.2) is 14.6 Å². The van der Waals surface area contributed by atoms with Crippen LogP contribution in [0.1, 0.15) is 20.8 Å². The summed E-state index contributed by atoms with van der Waals surface area (Å²) in [5.74, 6) is -1.76. The summed E-state index contributed by atoms with van der Waals surface area (Å²) in [6.45, 7) is 0. The predicted molar refractivity (Wildman–Crippen MR) is 126 cm³/mol. The maximum absolute atomic E-state index is 14.8. The van der Waals surface area contributed by atoms with Crippen LogP contribution in [-0.2, 0) is 0 Å². The van der Waals surface area contributed by atoms with Gasteiger partial charge in [-0.3, -0.25) is 25.4 Å². The number of hydrogen-bond donors (Lipinski definition) is 4. The lowest BCUT2D eigenvalue weighted by Gasteiger charge is -2.12. The molecule has 4 aromatic rings. The first-order valence-corrected chi connectivity index (χ1v) is 10.4. The number of carboxylic acid groups (broad SMARTS) is 1. The first-order chi connectivity index (χ1) is 17.4. The van der Waals surface area contributed by atoms with Gasteiger partial charge in [0.1, 0.15) is 17.3 Å². The van der Waals surface area contributed by atoms with Crippen molar-refractivity contribution in [1.29, 1.82) is 0 Å². The van der Waals surface area contributed by atoms with Crippen molar-refractivity contribution in [2.24, 2.45) is 0 Å². The van der Waals surface area contributed by atoms with E-state index in [9.17, 15) is 23.9 Å². The van der Waals surface area contributed by atoms with Crippen molar-refractivity contribution in [3.8, 4) is 28.1 Å². The lowest BCUT2D eigenvalue weighted by Crippen LogP contribution is -2.43. The minimum atomic E-state index is -1.52. The quantitative estimate of drug-likeness (QED) is 0.304. The molecule has 3 amide bonds. The number of hydrogen-bond acceptors (Lipinski definition) is 6. The molecule has 0 fully saturated rings. The Labute approximate surface area is 203 Å². The van der Waals surface area contributed by atoms with E-state index in [1.807, 2.05) is 5.43 Å². The molecule has 12 heteroatoms. The monoisotopic (exact) mass is 490 g/mol. The van der Waals surface area contributed by atoms with E-state index in [1.54, 1.807) is 30.3 Å². The average molecular weight is 490 g/mol. The number of rotatable bonds is 6. The fraction of sp³-hybridized carbons (Fsp3) is 0.0417. The van der Waals surface area contributed by atoms with Crippen LogP contribution in [0.3, 0.4) is 0 Å². The lowest BCUT2D eigenvalue weighted by molar-refractivity contribution is 0.0841. The predicted octanol–water partition coefficient (Wildman–Crippen LogP) is 3.06. The first-order valence-electron chi connectivity index (χ1n) is 10.4. The van der Waals surface area contributed by atoms with Crippen molar-refractivity contribution >= 4 is 17.9 Å². The van der Waals surface area contributed by atoms with Crippen molar-refractivity contribution < 1.29 is 28.6 Å². The van der Waals surface area contributed by atoms with Gasteiger partial charge in [0.05, 0.1) is 7.11 Å². The molecule has 4 rings (SSSR count). The molecule has 0 saturated heterocycles. The maximum atomic E-state index is 14.8. The molecule has 36 heavy (non-hydrogen) atoms. The SMILES string of the molecule is COc1cccc(-c2c(-c3ccccc3F)nn(NC(=O)O)c2C(=O)NNC(=O)c2ccncc2)c1. The Hall–Kier alpha value is -5.26. The number of amides is 3. The van der Waals surface area contributed by atoms with Crippen LogP contribution < -0.4 is 21.0 Å². The zero-order chi connectivity index (χ0) is 25.7. The number of carbonyl (C=O) groups is 3. The molecule has 0 radical (unpaired) electrons. The molecule has 2 heterocycles. The number of halogens is 1. The van der Waals surface area contributed by atoms with Crippen LogP contribution in [0.5, 0.6) is 5.75 Å². The summed E-state index contributed by atoms with van der Waals surface area (Å²) in [4.78, 5) is 41.7. The zero-order valence-corrected chi connectivity index (χ0v) is 18.7. The van der Waals surface area contributed by atoms with Gasteiger partial charge in [-0.15, -0.1) is 0 Å². The largest absolute Gasteiger partial charge is 0.497 e. The van der Waals surface area contributed by atoms with Crippen LogP contribution in [0.2, 0.25) is 0 Å². The van der Waals surface area contributed by atoms with E-state index in [1.165, 1.54) is 49.8 Å². The highest BCUT2D eigenvalue weighted by Crippen LogP contribution is 2.36. The Balaban J connectivity index is 1.85. The molecule has 0 aliphatic rings. The van der Waals surface area contributed by atoms with E-state index in [4.69, 9.17) is 4.74 Å². The van der Waals surface area contributed by atoms with Crippen molar-refractivity contribution in [1.82, 2.24) is 25.7 Å². The molecule has 4 N–H and O–H groups in total. The Morgan fingerprint density at radius 3 is 2.39 bits per heavy atom. The van der Waals surface area contributed by atoms with E-state index in [2.05, 4.69) is 20.9 Å². The second-order valence-corrected chi connectivity index (χ2v) is 7.26. The Kier molecular flexibility index (Phi) is 6.86. The van der Waals surface area contributed by atoms with Crippen LogP contribution in [-0.4, -0.2) is 45.0 Å². The van der Waals surface area contributed by atoms with Crippen LogP contribution in [0.4, 0.5) is 9.18 Å². The third-order valence-electron chi connectivity index (χ3n) is 5.02. The van der Waals surface area contributed by atoms with E-state index in [0.717, 1.165) is 0 Å². The number of ether oxygens (including phenoxy) is 1. The van der Waals surface area contributed by atoms with Crippen LogP contribution in [0.15, 0.2) is 73.1 Å². The highest BCUT2D eigenvalue weighted by Gasteiger charge is 2.28. The average Bonchev–Trinajstić information content (AvgIpc) is 3.26. The van der Waals surface area contributed by atoms with E-state index >= 15 is 0 Å². The second-order valence-electron chi connectivity index (χ2n) is 7.26. The third-order valence-corrected chi connectivity index (χ3v) is 5.02. The molecule has 0 bridgehead atoms. The van der Waals surface area contributed by atoms with Gasteiger partial charge in [-0.05, 0) is 42.0 Å². The van der Waals surface area contributed by atoms with Gasteiger partial charge in [0, 0.05) is 29.1 Å². The third kappa shape index (κ3) is 4.97. The molecule has 0 saturated carbocycles. The van der Waals surface area contributed by atoms with Gasteiger partial charge < -0.3 is 9.84 Å². The zero-order valence-electron chi connectivity index (χ0n) is 18.7. The minimum Gasteiger partial charge on any atom is -0.497 e. The number of aromatic nitrogens is 3. The molecule has 0 unspecified atom stereocenters. The molecule has 182 valence electrons. The highest BCUT2D eigenvalue weighted by atomic mass is 19.1. The van der Waals surface area contributed by atoms with Crippen LogP contribution in [0, 0.1) is 5.82 Å². The summed E-state index contributed by atoms with van der Waals surface area (Å²) in [6.07, 6.45) is 1.29. The fourth-order valence-corrected chi connectivity index (χ4v) is 3.44. The Morgan fingerprint density at radius 1 is 0.972 bits per heavy atom. The summed E-state index contributed by atoms with van der Waals surface area (Å²) in [6, 6.07) is 15.1. The van der Waals surface area contributed by atoms with Gasteiger partial charge in [0.25, 0.3) is 11.8 Å². The normalized spacial score (nSPS) is 10.4. The summed E-state index contributed by atoms with van der Waals surface area (Å²) in [5.41, 5.74) is 6.93. The number of methoxy groups -OCH3 is 1. The molecular weight excluding hydrogens is 471 g/mol. The maximum Gasteiger partial charge on any atom is 0.425 e. The van der Waals surface area contributed by atoms with Crippen molar-refractivity contribution in [2.75, 3.05) is 12.5 Å². The summed E-state index contributed by atoms with van der Waals surface area (Å²) in [7, 11) is 1.45. The van der Waals surface area contributed by atoms with Crippen LogP contribution in [0.25, 0.3) is 22.4 Å². The van der Waals surface area contributed by atoms with E-state index < -0.39 is 23.7 Å². The number of benzene rings is 2. The molecular formula is C24H19FN6O5. The molecule has 0 spiro atoms. The Bertz CT molecular complexity index is 1440. The smallest absolute Gasteiger partial charge is 0.425 e. The topological polar surface area (TPSA) is 147 Å². The Morgan fingerprint density at radius 2 is 1.69 bits per heavy atom. The van der Waals surface area contributed by atoms with Gasteiger partial charge in [-0.2, -0.15) is 9.89 Å². The number of hydrazine groups is 1. The minimum absolute atomic E-state index is 0.0132. The van der Waals surface area contributed by atoms with Crippen molar-refractivity contribution in [3.05, 3.63) is 90.1 Å². The molecule has 2 aromatic carbocycles. The standard InChI is InChI=1S/C24H19FN6O5/c1-36-16-6-4-5-15(13-16)19-20(17-7-2-3-8-18(17)25)29-31(30-24(34)35)21(19)23(33)28-27-22(32)14-9-11-26-12-10-14/h2-13,30H,1H3,(H,27,32)(H,28,33)(H,34,35). The van der Waals surface area contributed by atoms with Gasteiger partial charge in [-0.1, -0.05) is 24.3 Å². The van der Waals surface area contributed by atoms with E-state index in [-0.39, 0.29) is 28.1 Å². The van der Waals surface area contributed by atoms with Gasteiger partial charge >= 0.3 is 6.09 Å². The second kappa shape index (κ2) is 10.3. The first kappa shape index (κ1) is 23.9.